The van der Waals surface area contributed by atoms with Gasteiger partial charge in [0.25, 0.3) is 0 Å². The number of nitrogens with zero attached hydrogens (tertiary/aromatic N) is 2. The molecule has 1 N–H and O–H groups in total. The highest BCUT2D eigenvalue weighted by atomic mass is 16.6. The maximum absolute atomic E-state index is 12.8. The van der Waals surface area contributed by atoms with Crippen LogP contribution in [0.5, 0.6) is 5.75 Å². The first kappa shape index (κ1) is 16.6. The van der Waals surface area contributed by atoms with E-state index in [-0.39, 0.29) is 18.2 Å². The number of urea groups is 1. The van der Waals surface area contributed by atoms with Gasteiger partial charge in [0.15, 0.2) is 0 Å². The number of nitrogens with one attached hydrogen (secondary N) is 1. The molecule has 25 heavy (non-hydrogen) atoms. The predicted octanol–water partition coefficient (Wildman–Crippen LogP) is 1.40. The number of methoxy groups -OCH3 is 1. The van der Waals surface area contributed by atoms with Crippen LogP contribution in [0.2, 0.25) is 0 Å². The second-order valence-corrected chi connectivity index (χ2v) is 6.82. The van der Waals surface area contributed by atoms with Crippen LogP contribution < -0.4 is 10.1 Å². The van der Waals surface area contributed by atoms with E-state index in [0.717, 1.165) is 37.5 Å². The molecule has 0 aromatic heterocycles. The Morgan fingerprint density at radius 3 is 2.48 bits per heavy atom. The van der Waals surface area contributed by atoms with Crippen molar-refractivity contribution in [1.82, 2.24) is 9.80 Å². The Morgan fingerprint density at radius 1 is 1.12 bits per heavy atom. The molecule has 3 aliphatic heterocycles. The lowest BCUT2D eigenvalue weighted by atomic mass is 9.97. The molecule has 136 valence electrons. The number of anilines is 1. The van der Waals surface area contributed by atoms with Gasteiger partial charge in [0.05, 0.1) is 33.0 Å². The summed E-state index contributed by atoms with van der Waals surface area (Å²) in [6.07, 6.45) is 1.12. The van der Waals surface area contributed by atoms with E-state index in [2.05, 4.69) is 10.2 Å². The van der Waals surface area contributed by atoms with Crippen LogP contribution in [0.4, 0.5) is 10.5 Å². The monoisotopic (exact) mass is 347 g/mol. The van der Waals surface area contributed by atoms with Crippen LogP contribution in [-0.2, 0) is 9.47 Å². The summed E-state index contributed by atoms with van der Waals surface area (Å²) in [5.74, 6) is 0.768. The number of carbonyl (C=O) groups excluding carboxylic acids is 1. The average Bonchev–Trinajstić information content (AvgIpc) is 2.62. The summed E-state index contributed by atoms with van der Waals surface area (Å²) in [7, 11) is 1.63. The number of rotatable bonds is 2. The normalized spacial score (nSPS) is 29.5. The number of ether oxygens (including phenoxy) is 3. The van der Waals surface area contributed by atoms with Gasteiger partial charge in [0.1, 0.15) is 11.9 Å². The highest BCUT2D eigenvalue weighted by Crippen LogP contribution is 2.26. The molecule has 0 aliphatic carbocycles. The summed E-state index contributed by atoms with van der Waals surface area (Å²) in [4.78, 5) is 17.1. The minimum absolute atomic E-state index is 0.0492. The summed E-state index contributed by atoms with van der Waals surface area (Å²) in [6, 6.07) is 7.70. The van der Waals surface area contributed by atoms with Crippen molar-refractivity contribution in [3.05, 3.63) is 24.3 Å². The van der Waals surface area contributed by atoms with E-state index in [0.29, 0.717) is 25.8 Å². The van der Waals surface area contributed by atoms with Crippen molar-refractivity contribution in [3.8, 4) is 5.75 Å². The summed E-state index contributed by atoms with van der Waals surface area (Å²) in [6.45, 7) is 4.51. The van der Waals surface area contributed by atoms with Crippen LogP contribution in [0, 0.1) is 0 Å². The van der Waals surface area contributed by atoms with Crippen LogP contribution in [0.25, 0.3) is 0 Å². The molecule has 3 aliphatic rings. The molecule has 3 saturated heterocycles. The zero-order valence-corrected chi connectivity index (χ0v) is 14.5. The molecular weight excluding hydrogens is 322 g/mol. The first-order chi connectivity index (χ1) is 12.2. The maximum Gasteiger partial charge on any atom is 0.321 e. The van der Waals surface area contributed by atoms with Gasteiger partial charge in [-0.1, -0.05) is 0 Å². The molecule has 2 unspecified atom stereocenters. The van der Waals surface area contributed by atoms with E-state index < -0.39 is 0 Å². The topological polar surface area (TPSA) is 63.3 Å². The maximum atomic E-state index is 12.8. The molecule has 3 atom stereocenters. The van der Waals surface area contributed by atoms with Gasteiger partial charge >= 0.3 is 6.03 Å². The van der Waals surface area contributed by atoms with Crippen molar-refractivity contribution in [3.63, 3.8) is 0 Å². The third-order valence-corrected chi connectivity index (χ3v) is 5.30. The fourth-order valence-corrected chi connectivity index (χ4v) is 3.72. The van der Waals surface area contributed by atoms with Crippen LogP contribution in [0.1, 0.15) is 6.42 Å². The van der Waals surface area contributed by atoms with Crippen molar-refractivity contribution in [1.29, 1.82) is 0 Å². The fraction of sp³-hybridized carbons (Fsp3) is 0.611. The zero-order valence-electron chi connectivity index (χ0n) is 14.5. The summed E-state index contributed by atoms with van der Waals surface area (Å²) >= 11 is 0. The lowest BCUT2D eigenvalue weighted by Crippen LogP contribution is -2.63. The van der Waals surface area contributed by atoms with Crippen LogP contribution in [0.3, 0.4) is 0 Å². The van der Waals surface area contributed by atoms with Crippen molar-refractivity contribution < 1.29 is 19.0 Å². The van der Waals surface area contributed by atoms with Gasteiger partial charge in [-0.3, -0.25) is 4.90 Å². The fourth-order valence-electron chi connectivity index (χ4n) is 3.72. The van der Waals surface area contributed by atoms with Gasteiger partial charge in [0, 0.05) is 31.4 Å². The van der Waals surface area contributed by atoms with Crippen LogP contribution in [-0.4, -0.2) is 80.6 Å². The second kappa shape index (κ2) is 7.19. The third kappa shape index (κ3) is 3.58. The minimum atomic E-state index is -0.0909. The molecule has 4 rings (SSSR count). The van der Waals surface area contributed by atoms with Gasteiger partial charge in [-0.2, -0.15) is 0 Å². The second-order valence-electron chi connectivity index (χ2n) is 6.82. The number of hydrogen-bond donors (Lipinski definition) is 1. The van der Waals surface area contributed by atoms with Gasteiger partial charge in [-0.05, 0) is 30.7 Å². The number of amides is 2. The molecular formula is C18H25N3O4. The van der Waals surface area contributed by atoms with Crippen molar-refractivity contribution in [2.24, 2.45) is 0 Å². The Kier molecular flexibility index (Phi) is 4.78. The number of carbonyl (C=O) groups is 1. The standard InChI is InChI=1S/C18H25N3O4/c1-23-15-4-2-13(3-5-15)19-18(22)21-10-14-6-7-20(14)11-16-17(12-21)25-9-8-24-16/h2-5,14,16-17H,6-12H2,1H3,(H,19,22)/t14-,16?,17?/m1/s1. The Bertz CT molecular complexity index is 609. The lowest BCUT2D eigenvalue weighted by Gasteiger charge is -2.49. The third-order valence-electron chi connectivity index (χ3n) is 5.30. The Morgan fingerprint density at radius 2 is 1.84 bits per heavy atom. The van der Waals surface area contributed by atoms with E-state index in [9.17, 15) is 4.79 Å². The number of hydrogen-bond acceptors (Lipinski definition) is 5. The molecule has 7 nitrogen and oxygen atoms in total. The average molecular weight is 347 g/mol. The Balaban J connectivity index is 1.45. The minimum Gasteiger partial charge on any atom is -0.497 e. The quantitative estimate of drug-likeness (QED) is 0.876. The zero-order chi connectivity index (χ0) is 17.2. The van der Waals surface area contributed by atoms with Crippen molar-refractivity contribution in [2.75, 3.05) is 51.8 Å². The van der Waals surface area contributed by atoms with Gasteiger partial charge in [0.2, 0.25) is 0 Å². The molecule has 0 radical (unpaired) electrons. The Labute approximate surface area is 147 Å². The number of benzene rings is 1. The first-order valence-corrected chi connectivity index (χ1v) is 8.90. The van der Waals surface area contributed by atoms with Crippen molar-refractivity contribution in [2.45, 2.75) is 24.7 Å². The molecule has 0 spiro atoms. The largest absolute Gasteiger partial charge is 0.497 e. The SMILES string of the molecule is COc1ccc(NC(=O)N2CC3OCCOC3CN3CC[C@@H]3C2)cc1. The van der Waals surface area contributed by atoms with E-state index in [1.54, 1.807) is 7.11 Å². The van der Waals surface area contributed by atoms with Crippen LogP contribution in [0.15, 0.2) is 24.3 Å². The number of fused-ring (bicyclic) bond motifs is 2. The first-order valence-electron chi connectivity index (χ1n) is 8.90. The van der Waals surface area contributed by atoms with E-state index in [1.807, 2.05) is 29.2 Å². The molecule has 3 heterocycles. The van der Waals surface area contributed by atoms with Crippen LogP contribution >= 0.6 is 0 Å². The lowest BCUT2D eigenvalue weighted by molar-refractivity contribution is -0.167. The predicted molar refractivity (Wildman–Crippen MR) is 93.0 cm³/mol. The summed E-state index contributed by atoms with van der Waals surface area (Å²) in [5, 5.41) is 2.98. The molecule has 0 saturated carbocycles. The Hall–Kier alpha value is -1.83. The highest BCUT2D eigenvalue weighted by molar-refractivity contribution is 5.89. The van der Waals surface area contributed by atoms with Crippen molar-refractivity contribution >= 4 is 11.7 Å². The van der Waals surface area contributed by atoms with Gasteiger partial charge in [-0.25, -0.2) is 4.79 Å². The van der Waals surface area contributed by atoms with Gasteiger partial charge < -0.3 is 24.4 Å². The summed E-state index contributed by atoms with van der Waals surface area (Å²) < 4.78 is 17.0. The van der Waals surface area contributed by atoms with E-state index in [4.69, 9.17) is 14.2 Å². The summed E-state index contributed by atoms with van der Waals surface area (Å²) in [5.41, 5.74) is 0.760. The highest BCUT2D eigenvalue weighted by Gasteiger charge is 2.40. The van der Waals surface area contributed by atoms with Gasteiger partial charge in [-0.15, -0.1) is 0 Å². The molecule has 1 aromatic rings. The van der Waals surface area contributed by atoms with E-state index in [1.165, 1.54) is 0 Å². The molecule has 1 aromatic carbocycles. The van der Waals surface area contributed by atoms with E-state index >= 15 is 0 Å². The smallest absolute Gasteiger partial charge is 0.321 e. The molecule has 2 amide bonds. The molecule has 7 heteroatoms. The molecule has 0 bridgehead atoms. The molecule has 3 fully saturated rings.